The van der Waals surface area contributed by atoms with E-state index in [1.54, 1.807) is 6.33 Å². The summed E-state index contributed by atoms with van der Waals surface area (Å²) in [4.78, 5) is 4.82. The highest BCUT2D eigenvalue weighted by atomic mass is 28.3. The third-order valence-electron chi connectivity index (χ3n) is 8.39. The highest BCUT2D eigenvalue weighted by Gasteiger charge is 2.23. The summed E-state index contributed by atoms with van der Waals surface area (Å²) in [6.45, 7) is 11.2. The van der Waals surface area contributed by atoms with E-state index in [-0.39, 0.29) is 5.41 Å². The predicted octanol–water partition coefficient (Wildman–Crippen LogP) is 8.58. The maximum Gasteiger partial charge on any atom is 0.249 e. The van der Waals surface area contributed by atoms with Gasteiger partial charge in [-0.25, -0.2) is 9.55 Å². The van der Waals surface area contributed by atoms with Gasteiger partial charge in [0.05, 0.1) is 30.2 Å². The van der Waals surface area contributed by atoms with Crippen LogP contribution in [0.3, 0.4) is 0 Å². The molecule has 0 fully saturated rings. The number of pyridine rings is 1. The van der Waals surface area contributed by atoms with E-state index < -0.39 is 15.0 Å². The molecule has 0 atom stereocenters. The Kier molecular flexibility index (Phi) is 5.73. The molecular weight excluding hydrogens is 557 g/mol. The van der Waals surface area contributed by atoms with Crippen LogP contribution in [0.2, 0.25) is 19.6 Å². The first-order chi connectivity index (χ1) is 22.2. The van der Waals surface area contributed by atoms with E-state index in [9.17, 15) is 0 Å². The van der Waals surface area contributed by atoms with E-state index in [1.165, 1.54) is 15.3 Å². The molecule has 0 aliphatic carbocycles. The summed E-state index contributed by atoms with van der Waals surface area (Å²) in [5.74, 6) is 2.28. The first kappa shape index (κ1) is 24.7. The first-order valence-corrected chi connectivity index (χ1v) is 18.5. The van der Waals surface area contributed by atoms with E-state index in [2.05, 4.69) is 106 Å². The number of para-hydroxylation sites is 3. The maximum atomic E-state index is 8.15. The minimum absolute atomic E-state index is 0.0163. The number of fused-ring (bicyclic) bond motifs is 4. The van der Waals surface area contributed by atoms with Gasteiger partial charge in [-0.15, -0.1) is 0 Å². The second-order valence-electron chi connectivity index (χ2n) is 13.6. The summed E-state index contributed by atoms with van der Waals surface area (Å²) >= 11 is 0. The van der Waals surface area contributed by atoms with E-state index in [4.69, 9.17) is 13.8 Å². The van der Waals surface area contributed by atoms with Crippen LogP contribution < -0.4 is 14.5 Å². The van der Waals surface area contributed by atoms with Gasteiger partial charge in [-0.1, -0.05) is 75.9 Å². The van der Waals surface area contributed by atoms with Crippen LogP contribution in [0.4, 0.5) is 0 Å². The van der Waals surface area contributed by atoms with Crippen molar-refractivity contribution >= 4 is 46.1 Å². The van der Waals surface area contributed by atoms with E-state index in [1.807, 2.05) is 47.2 Å². The van der Waals surface area contributed by atoms with Crippen LogP contribution in [0.1, 0.15) is 30.4 Å². The van der Waals surface area contributed by atoms with Crippen molar-refractivity contribution in [1.29, 1.82) is 0 Å². The summed E-state index contributed by atoms with van der Waals surface area (Å²) < 4.78 is 36.7. The number of nitrogens with zero attached hydrogens (tertiary/aromatic N) is 4. The molecule has 0 radical (unpaired) electrons. The molecule has 0 bridgehead atoms. The zero-order chi connectivity index (χ0) is 33.3. The Balaban J connectivity index is 1.38. The molecule has 3 aromatic heterocycles. The summed E-state index contributed by atoms with van der Waals surface area (Å²) in [5, 5.41) is 3.49. The molecule has 0 saturated heterocycles. The van der Waals surface area contributed by atoms with Gasteiger partial charge in [-0.2, -0.15) is 4.57 Å². The molecule has 3 heterocycles. The van der Waals surface area contributed by atoms with Gasteiger partial charge in [0.15, 0.2) is 11.0 Å². The van der Waals surface area contributed by atoms with Gasteiger partial charge in [-0.05, 0) is 65.6 Å². The highest BCUT2D eigenvalue weighted by Crippen LogP contribution is 2.36. The highest BCUT2D eigenvalue weighted by molar-refractivity contribution is 6.88. The SMILES string of the molecule is [2H]C([2H])([2H])[n+]1cn(-c2cc(Oc3ccc4c5ccccc5n(-c5cc(C(C)(C)C)ccn5)c4c3)cc([Si](C)(C)C)c2)c2ccccc21. The fraction of sp³-hybridized carbons (Fsp3) is 0.211. The van der Waals surface area contributed by atoms with Crippen LogP contribution in [0.5, 0.6) is 11.5 Å². The number of aromatic nitrogens is 4. The van der Waals surface area contributed by atoms with E-state index in [0.29, 0.717) is 17.0 Å². The lowest BCUT2D eigenvalue weighted by Gasteiger charge is -2.20. The van der Waals surface area contributed by atoms with Gasteiger partial charge in [0.25, 0.3) is 0 Å². The van der Waals surface area contributed by atoms with Crippen LogP contribution in [-0.2, 0) is 12.4 Å². The van der Waals surface area contributed by atoms with E-state index in [0.717, 1.165) is 38.8 Å². The Morgan fingerprint density at radius 3 is 2.30 bits per heavy atom. The minimum Gasteiger partial charge on any atom is -0.457 e. The topological polar surface area (TPSA) is 35.9 Å². The summed E-state index contributed by atoms with van der Waals surface area (Å²) in [6, 6.07) is 32.8. The fourth-order valence-electron chi connectivity index (χ4n) is 5.94. The smallest absolute Gasteiger partial charge is 0.249 e. The third kappa shape index (κ3) is 4.89. The van der Waals surface area contributed by atoms with Crippen LogP contribution in [0.25, 0.3) is 44.3 Å². The minimum atomic E-state index is -2.31. The molecule has 0 unspecified atom stereocenters. The Bertz CT molecular complexity index is 2310. The average Bonchev–Trinajstić information content (AvgIpc) is 3.57. The van der Waals surface area contributed by atoms with Crippen molar-refractivity contribution < 1.29 is 13.4 Å². The lowest BCUT2D eigenvalue weighted by atomic mass is 9.88. The molecule has 44 heavy (non-hydrogen) atoms. The molecule has 0 spiro atoms. The van der Waals surface area contributed by atoms with Crippen LogP contribution >= 0.6 is 0 Å². The normalized spacial score (nSPS) is 13.7. The van der Waals surface area contributed by atoms with Crippen molar-refractivity contribution in [3.63, 3.8) is 0 Å². The summed E-state index contributed by atoms with van der Waals surface area (Å²) in [7, 11) is -1.81. The second kappa shape index (κ2) is 10.2. The second-order valence-corrected chi connectivity index (χ2v) is 18.7. The predicted molar refractivity (Wildman–Crippen MR) is 185 cm³/mol. The lowest BCUT2D eigenvalue weighted by Crippen LogP contribution is -2.37. The quantitative estimate of drug-likeness (QED) is 0.147. The molecule has 5 nitrogen and oxygen atoms in total. The number of rotatable bonds is 5. The van der Waals surface area contributed by atoms with Gasteiger partial charge in [0, 0.05) is 29.1 Å². The molecule has 6 heteroatoms. The van der Waals surface area contributed by atoms with Crippen LogP contribution in [-0.4, -0.2) is 22.2 Å². The third-order valence-corrected chi connectivity index (χ3v) is 10.4. The largest absolute Gasteiger partial charge is 0.457 e. The Morgan fingerprint density at radius 1 is 0.773 bits per heavy atom. The van der Waals surface area contributed by atoms with Crippen molar-refractivity contribution in [2.75, 3.05) is 0 Å². The van der Waals surface area contributed by atoms with Gasteiger partial charge in [0.2, 0.25) is 6.33 Å². The van der Waals surface area contributed by atoms with Crippen molar-refractivity contribution in [2.24, 2.45) is 6.98 Å². The van der Waals surface area contributed by atoms with Crippen molar-refractivity contribution in [2.45, 2.75) is 45.8 Å². The Hall–Kier alpha value is -4.68. The molecule has 7 aromatic rings. The fourth-order valence-corrected chi connectivity index (χ4v) is 7.09. The Labute approximate surface area is 264 Å². The number of benzene rings is 4. The zero-order valence-electron chi connectivity index (χ0n) is 29.1. The van der Waals surface area contributed by atoms with Gasteiger partial charge in [-0.3, -0.25) is 4.57 Å². The van der Waals surface area contributed by atoms with Gasteiger partial charge >= 0.3 is 0 Å². The molecule has 220 valence electrons. The molecule has 0 aliphatic heterocycles. The Morgan fingerprint density at radius 2 is 1.52 bits per heavy atom. The molecule has 0 N–H and O–H groups in total. The number of hydrogen-bond acceptors (Lipinski definition) is 2. The van der Waals surface area contributed by atoms with Crippen molar-refractivity contribution in [1.82, 2.24) is 14.1 Å². The molecule has 4 aromatic carbocycles. The molecular formula is C38H39N4OSi+. The standard InChI is InChI=1S/C38H39N4OSi/c1-38(2,3)26-18-19-39-37(20-26)42-33-13-9-8-12-31(33)32-17-16-28(24-36(32)42)43-29-21-27(22-30(23-29)44(5,6)7)41-25-40(4)34-14-10-11-15-35(34)41/h8-25H,1-7H3/q+1/i4D3. The van der Waals surface area contributed by atoms with Gasteiger partial charge < -0.3 is 4.74 Å². The van der Waals surface area contributed by atoms with E-state index >= 15 is 0 Å². The lowest BCUT2D eigenvalue weighted by molar-refractivity contribution is -0.645. The molecule has 0 amide bonds. The molecule has 0 saturated carbocycles. The summed E-state index contributed by atoms with van der Waals surface area (Å²) in [6.07, 6.45) is 3.56. The zero-order valence-corrected chi connectivity index (χ0v) is 27.1. The maximum absolute atomic E-state index is 8.15. The first-order valence-electron chi connectivity index (χ1n) is 16.5. The van der Waals surface area contributed by atoms with Crippen molar-refractivity contribution in [3.05, 3.63) is 115 Å². The average molecular weight is 599 g/mol. The van der Waals surface area contributed by atoms with Crippen LogP contribution in [0, 0.1) is 0 Å². The number of aryl methyl sites for hydroxylation is 1. The van der Waals surface area contributed by atoms with Gasteiger partial charge in [0.1, 0.15) is 23.0 Å². The number of ether oxygens (including phenoxy) is 1. The monoisotopic (exact) mass is 598 g/mol. The summed E-state index contributed by atoms with van der Waals surface area (Å²) in [5.41, 5.74) is 5.63. The van der Waals surface area contributed by atoms with Crippen LogP contribution in [0.15, 0.2) is 110 Å². The number of hydrogen-bond donors (Lipinski definition) is 0. The van der Waals surface area contributed by atoms with Crippen molar-refractivity contribution in [3.8, 4) is 23.0 Å². The number of imidazole rings is 1. The molecule has 0 aliphatic rings. The molecule has 7 rings (SSSR count).